The summed E-state index contributed by atoms with van der Waals surface area (Å²) in [6, 6.07) is 63.3. The molecule has 0 amide bonds. The Bertz CT molecular complexity index is 3020. The summed E-state index contributed by atoms with van der Waals surface area (Å²) in [6.07, 6.45) is 0. The summed E-state index contributed by atoms with van der Waals surface area (Å²) in [6.45, 7) is 0. The smallest absolute Gasteiger partial charge is 0.0361 e. The molecule has 0 N–H and O–H groups in total. The van der Waals surface area contributed by atoms with Crippen molar-refractivity contribution in [2.75, 3.05) is 0 Å². The Morgan fingerprint density at radius 1 is 0.235 bits per heavy atom. The van der Waals surface area contributed by atoms with E-state index in [1.807, 2.05) is 34.0 Å². The van der Waals surface area contributed by atoms with Gasteiger partial charge in [0.2, 0.25) is 0 Å². The molecule has 0 nitrogen and oxygen atoms in total. The summed E-state index contributed by atoms with van der Waals surface area (Å²) >= 11 is 5.64. The second-order valence-corrected chi connectivity index (χ2v) is 16.5. The topological polar surface area (TPSA) is 0 Å². The molecule has 51 heavy (non-hydrogen) atoms. The molecule has 11 aromatic rings. The molecule has 0 saturated heterocycles. The minimum atomic E-state index is 1.22. The molecule has 0 unspecified atom stereocenters. The van der Waals surface area contributed by atoms with E-state index in [1.165, 1.54) is 105 Å². The molecule has 0 atom stereocenters. The highest BCUT2D eigenvalue weighted by Gasteiger charge is 2.17. The lowest BCUT2D eigenvalue weighted by Crippen LogP contribution is -1.88. The molecule has 11 rings (SSSR count). The Morgan fingerprint density at radius 3 is 1.27 bits per heavy atom. The van der Waals surface area contributed by atoms with E-state index in [-0.39, 0.29) is 0 Å². The van der Waals surface area contributed by atoms with E-state index in [9.17, 15) is 0 Å². The van der Waals surface area contributed by atoms with E-state index in [0.717, 1.165) is 0 Å². The van der Waals surface area contributed by atoms with Crippen molar-refractivity contribution < 1.29 is 0 Å². The van der Waals surface area contributed by atoms with Crippen LogP contribution in [0, 0.1) is 0 Å². The number of thiophene rings is 3. The summed E-state index contributed by atoms with van der Waals surface area (Å²) in [5, 5.41) is 7.99. The van der Waals surface area contributed by atoms with Gasteiger partial charge in [-0.3, -0.25) is 0 Å². The monoisotopic (exact) mass is 700 g/mol. The molecule has 8 aromatic carbocycles. The van der Waals surface area contributed by atoms with Gasteiger partial charge < -0.3 is 0 Å². The predicted octanol–water partition coefficient (Wildman–Crippen LogP) is 15.5. The normalized spacial score (nSPS) is 11.9. The van der Waals surface area contributed by atoms with Gasteiger partial charge in [0, 0.05) is 60.5 Å². The maximum atomic E-state index is 2.42. The van der Waals surface area contributed by atoms with Crippen molar-refractivity contribution in [2.45, 2.75) is 0 Å². The lowest BCUT2D eigenvalue weighted by molar-refractivity contribution is 1.59. The largest absolute Gasteiger partial charge is 0.135 e. The van der Waals surface area contributed by atoms with Gasteiger partial charge in [-0.1, -0.05) is 109 Å². The van der Waals surface area contributed by atoms with Crippen molar-refractivity contribution in [1.82, 2.24) is 0 Å². The van der Waals surface area contributed by atoms with Crippen LogP contribution in [0.5, 0.6) is 0 Å². The van der Waals surface area contributed by atoms with Crippen molar-refractivity contribution in [3.8, 4) is 44.5 Å². The maximum Gasteiger partial charge on any atom is 0.0361 e. The van der Waals surface area contributed by atoms with Gasteiger partial charge in [0.1, 0.15) is 0 Å². The Kier molecular flexibility index (Phi) is 6.57. The first kappa shape index (κ1) is 29.2. The van der Waals surface area contributed by atoms with Crippen molar-refractivity contribution in [1.29, 1.82) is 0 Å². The number of fused-ring (bicyclic) bond motifs is 9. The molecular weight excluding hydrogens is 673 g/mol. The van der Waals surface area contributed by atoms with Crippen LogP contribution in [0.3, 0.4) is 0 Å². The van der Waals surface area contributed by atoms with Crippen LogP contribution in [0.1, 0.15) is 0 Å². The fraction of sp³-hybridized carbons (Fsp3) is 0. The van der Waals surface area contributed by atoms with Crippen molar-refractivity contribution in [3.63, 3.8) is 0 Å². The summed E-state index contributed by atoms with van der Waals surface area (Å²) in [7, 11) is 0. The van der Waals surface area contributed by atoms with Crippen LogP contribution in [0.4, 0.5) is 0 Å². The third-order valence-corrected chi connectivity index (χ3v) is 13.7. The average Bonchev–Trinajstić information content (AvgIpc) is 3.88. The molecule has 0 saturated carbocycles. The zero-order valence-electron chi connectivity index (χ0n) is 27.4. The minimum absolute atomic E-state index is 1.22. The molecule has 0 fully saturated rings. The van der Waals surface area contributed by atoms with Crippen molar-refractivity contribution in [3.05, 3.63) is 170 Å². The van der Waals surface area contributed by atoms with Crippen LogP contribution in [0.25, 0.3) is 105 Å². The molecule has 3 aromatic heterocycles. The quantitative estimate of drug-likeness (QED) is 0.171. The number of benzene rings is 8. The lowest BCUT2D eigenvalue weighted by Gasteiger charge is -2.14. The molecule has 238 valence electrons. The first-order chi connectivity index (χ1) is 25.2. The Labute approximate surface area is 307 Å². The third kappa shape index (κ3) is 4.70. The van der Waals surface area contributed by atoms with Gasteiger partial charge >= 0.3 is 0 Å². The Balaban J connectivity index is 1.14. The Morgan fingerprint density at radius 2 is 0.647 bits per heavy atom. The van der Waals surface area contributed by atoms with Crippen LogP contribution < -0.4 is 0 Å². The fourth-order valence-corrected chi connectivity index (χ4v) is 11.3. The molecule has 0 bridgehead atoms. The van der Waals surface area contributed by atoms with Gasteiger partial charge in [0.25, 0.3) is 0 Å². The third-order valence-electron chi connectivity index (χ3n) is 10.3. The van der Waals surface area contributed by atoms with E-state index >= 15 is 0 Å². The number of hydrogen-bond acceptors (Lipinski definition) is 3. The number of rotatable bonds is 4. The van der Waals surface area contributed by atoms with Crippen LogP contribution in [0.2, 0.25) is 0 Å². The second-order valence-electron chi connectivity index (χ2n) is 13.2. The summed E-state index contributed by atoms with van der Waals surface area (Å²) < 4.78 is 7.97. The van der Waals surface area contributed by atoms with Gasteiger partial charge in [-0.05, 0) is 105 Å². The van der Waals surface area contributed by atoms with Crippen LogP contribution >= 0.6 is 34.0 Å². The van der Waals surface area contributed by atoms with Gasteiger partial charge in [0.15, 0.2) is 0 Å². The highest BCUT2D eigenvalue weighted by atomic mass is 32.1. The van der Waals surface area contributed by atoms with Gasteiger partial charge in [-0.15, -0.1) is 34.0 Å². The van der Waals surface area contributed by atoms with E-state index in [0.29, 0.717) is 0 Å². The first-order valence-corrected chi connectivity index (χ1v) is 19.7. The van der Waals surface area contributed by atoms with Crippen LogP contribution in [-0.2, 0) is 0 Å². The molecule has 0 aliphatic heterocycles. The van der Waals surface area contributed by atoms with Crippen molar-refractivity contribution >= 4 is 94.5 Å². The second kappa shape index (κ2) is 11.5. The first-order valence-electron chi connectivity index (χ1n) is 17.2. The molecule has 3 heteroatoms. The molecular formula is C48H28S3. The summed E-state index contributed by atoms with van der Waals surface area (Å²) in [5.41, 5.74) is 9.96. The fourth-order valence-electron chi connectivity index (χ4n) is 7.92. The van der Waals surface area contributed by atoms with E-state index in [2.05, 4.69) is 170 Å². The number of hydrogen-bond donors (Lipinski definition) is 0. The molecule has 0 radical (unpaired) electrons. The van der Waals surface area contributed by atoms with Crippen LogP contribution in [0.15, 0.2) is 170 Å². The van der Waals surface area contributed by atoms with E-state index in [1.54, 1.807) is 0 Å². The highest BCUT2D eigenvalue weighted by molar-refractivity contribution is 7.26. The SMILES string of the molecule is c1cc(-c2cc(-c3cccc4sc5ccccc5c34)cc(-c3cccc4sc5ccccc5c34)c2)cc(-c2ccc3c(c2)sc2ccccc23)c1. The van der Waals surface area contributed by atoms with Gasteiger partial charge in [-0.2, -0.15) is 0 Å². The van der Waals surface area contributed by atoms with E-state index < -0.39 is 0 Å². The maximum absolute atomic E-state index is 2.42. The zero-order valence-corrected chi connectivity index (χ0v) is 29.8. The van der Waals surface area contributed by atoms with Gasteiger partial charge in [0.05, 0.1) is 0 Å². The van der Waals surface area contributed by atoms with Crippen molar-refractivity contribution in [2.24, 2.45) is 0 Å². The van der Waals surface area contributed by atoms with Crippen LogP contribution in [-0.4, -0.2) is 0 Å². The standard InChI is InChI=1S/C48H28S3/c1-4-17-41-37(12-1)38-23-22-31(28-46(38)51-41)29-10-7-11-30(24-29)32-25-33(35-15-8-20-44-47(35)39-13-2-5-18-42(39)49-44)27-34(26-32)36-16-9-21-45-48(36)40-14-3-6-19-43(40)50-45/h1-28H. The molecule has 3 heterocycles. The van der Waals surface area contributed by atoms with E-state index in [4.69, 9.17) is 0 Å². The zero-order chi connectivity index (χ0) is 33.5. The average molecular weight is 701 g/mol. The summed E-state index contributed by atoms with van der Waals surface area (Å²) in [5.74, 6) is 0. The predicted molar refractivity (Wildman–Crippen MR) is 227 cm³/mol. The lowest BCUT2D eigenvalue weighted by atomic mass is 9.89. The van der Waals surface area contributed by atoms with Gasteiger partial charge in [-0.25, -0.2) is 0 Å². The highest BCUT2D eigenvalue weighted by Crippen LogP contribution is 2.45. The summed E-state index contributed by atoms with van der Waals surface area (Å²) in [4.78, 5) is 0. The minimum Gasteiger partial charge on any atom is -0.135 e. The molecule has 0 spiro atoms. The molecule has 0 aliphatic carbocycles. The Hall–Kier alpha value is -5.58. The molecule has 0 aliphatic rings.